The molecule has 1 N–H and O–H groups in total. The molecule has 1 saturated carbocycles. The van der Waals surface area contributed by atoms with Crippen LogP contribution in [0.15, 0.2) is 53.4 Å². The molecule has 0 amide bonds. The smallest absolute Gasteiger partial charge is 0.258 e. The zero-order valence-corrected chi connectivity index (χ0v) is 14.1. The van der Waals surface area contributed by atoms with Gasteiger partial charge in [0.1, 0.15) is 0 Å². The molecule has 0 bridgehead atoms. The van der Waals surface area contributed by atoms with Crippen LogP contribution in [0, 0.1) is 16.0 Å². The van der Waals surface area contributed by atoms with E-state index in [-0.39, 0.29) is 22.5 Å². The molecular formula is C16H15ClN2O4S. The molecule has 1 aliphatic rings. The van der Waals surface area contributed by atoms with Gasteiger partial charge in [0.05, 0.1) is 9.82 Å². The number of sulfonamides is 1. The van der Waals surface area contributed by atoms with E-state index in [2.05, 4.69) is 4.72 Å². The van der Waals surface area contributed by atoms with Gasteiger partial charge in [-0.25, -0.2) is 13.1 Å². The summed E-state index contributed by atoms with van der Waals surface area (Å²) < 4.78 is 27.9. The van der Waals surface area contributed by atoms with E-state index < -0.39 is 14.9 Å². The summed E-state index contributed by atoms with van der Waals surface area (Å²) in [7, 11) is -3.77. The van der Waals surface area contributed by atoms with E-state index >= 15 is 0 Å². The number of nitro groups is 1. The molecule has 3 rings (SSSR count). The van der Waals surface area contributed by atoms with Crippen LogP contribution < -0.4 is 4.72 Å². The van der Waals surface area contributed by atoms with Crippen molar-refractivity contribution in [3.63, 3.8) is 0 Å². The number of non-ortho nitro benzene ring substituents is 1. The lowest BCUT2D eigenvalue weighted by molar-refractivity contribution is -0.384. The molecule has 6 nitrogen and oxygen atoms in total. The molecule has 0 aliphatic heterocycles. The van der Waals surface area contributed by atoms with Crippen LogP contribution in [-0.2, 0) is 10.0 Å². The van der Waals surface area contributed by atoms with E-state index in [1.807, 2.05) is 12.1 Å². The maximum absolute atomic E-state index is 12.6. The number of benzene rings is 2. The Morgan fingerprint density at radius 3 is 2.17 bits per heavy atom. The number of hydrogen-bond acceptors (Lipinski definition) is 4. The zero-order chi connectivity index (χ0) is 17.3. The highest BCUT2D eigenvalue weighted by molar-refractivity contribution is 7.89. The molecule has 2 aromatic rings. The Kier molecular flexibility index (Phi) is 4.58. The van der Waals surface area contributed by atoms with Gasteiger partial charge in [-0.1, -0.05) is 23.7 Å². The van der Waals surface area contributed by atoms with Crippen molar-refractivity contribution in [3.05, 3.63) is 69.2 Å². The summed E-state index contributed by atoms with van der Waals surface area (Å²) >= 11 is 5.89. The fourth-order valence-electron chi connectivity index (χ4n) is 2.52. The van der Waals surface area contributed by atoms with E-state index in [1.54, 1.807) is 12.1 Å². The first kappa shape index (κ1) is 16.9. The van der Waals surface area contributed by atoms with Crippen molar-refractivity contribution in [3.8, 4) is 0 Å². The lowest BCUT2D eigenvalue weighted by Gasteiger charge is -2.19. The fraction of sp³-hybridized carbons (Fsp3) is 0.250. The summed E-state index contributed by atoms with van der Waals surface area (Å²) in [5.41, 5.74) is 0.706. The highest BCUT2D eigenvalue weighted by atomic mass is 35.5. The van der Waals surface area contributed by atoms with Crippen molar-refractivity contribution in [1.29, 1.82) is 0 Å². The van der Waals surface area contributed by atoms with Gasteiger partial charge in [-0.2, -0.15) is 0 Å². The average Bonchev–Trinajstić information content (AvgIpc) is 3.38. The molecule has 1 fully saturated rings. The molecule has 24 heavy (non-hydrogen) atoms. The van der Waals surface area contributed by atoms with Crippen LogP contribution >= 0.6 is 11.6 Å². The Morgan fingerprint density at radius 2 is 1.67 bits per heavy atom. The van der Waals surface area contributed by atoms with E-state index in [0.717, 1.165) is 18.4 Å². The third-order valence-electron chi connectivity index (χ3n) is 3.96. The second kappa shape index (κ2) is 6.51. The SMILES string of the molecule is O=[N+]([O-])c1ccc(S(=O)(=O)N[C@@H](c2ccc(Cl)cc2)C2CC2)cc1. The second-order valence-corrected chi connectivity index (χ2v) is 7.89. The van der Waals surface area contributed by atoms with E-state index in [0.29, 0.717) is 5.02 Å². The van der Waals surface area contributed by atoms with Crippen molar-refractivity contribution < 1.29 is 13.3 Å². The van der Waals surface area contributed by atoms with Crippen LogP contribution in [0.25, 0.3) is 0 Å². The predicted molar refractivity (Wildman–Crippen MR) is 90.3 cm³/mol. The molecule has 0 radical (unpaired) electrons. The third-order valence-corrected chi connectivity index (χ3v) is 5.67. The van der Waals surface area contributed by atoms with Crippen molar-refractivity contribution in [2.45, 2.75) is 23.8 Å². The summed E-state index contributed by atoms with van der Waals surface area (Å²) in [6.45, 7) is 0. The highest BCUT2D eigenvalue weighted by Gasteiger charge is 2.35. The van der Waals surface area contributed by atoms with Gasteiger partial charge in [-0.3, -0.25) is 10.1 Å². The monoisotopic (exact) mass is 366 g/mol. The molecule has 0 heterocycles. The van der Waals surface area contributed by atoms with Crippen LogP contribution in [0.1, 0.15) is 24.4 Å². The molecule has 8 heteroatoms. The molecule has 0 aromatic heterocycles. The maximum atomic E-state index is 12.6. The summed E-state index contributed by atoms with van der Waals surface area (Å²) in [4.78, 5) is 10.1. The largest absolute Gasteiger partial charge is 0.269 e. The molecule has 1 atom stereocenters. The first-order chi connectivity index (χ1) is 11.4. The summed E-state index contributed by atoms with van der Waals surface area (Å²) in [6.07, 6.45) is 1.91. The third kappa shape index (κ3) is 3.75. The second-order valence-electron chi connectivity index (χ2n) is 5.74. The van der Waals surface area contributed by atoms with Gasteiger partial charge in [-0.15, -0.1) is 0 Å². The Labute approximate surface area is 144 Å². The molecule has 0 saturated heterocycles. The zero-order valence-electron chi connectivity index (χ0n) is 12.6. The van der Waals surface area contributed by atoms with E-state index in [4.69, 9.17) is 11.6 Å². The van der Waals surface area contributed by atoms with Crippen molar-refractivity contribution in [2.75, 3.05) is 0 Å². The van der Waals surface area contributed by atoms with Crippen LogP contribution in [0.5, 0.6) is 0 Å². The quantitative estimate of drug-likeness (QED) is 0.623. The van der Waals surface area contributed by atoms with Crippen LogP contribution in [-0.4, -0.2) is 13.3 Å². The van der Waals surface area contributed by atoms with Crippen molar-refractivity contribution >= 4 is 27.3 Å². The van der Waals surface area contributed by atoms with Gasteiger partial charge >= 0.3 is 0 Å². The molecule has 0 unspecified atom stereocenters. The van der Waals surface area contributed by atoms with Gasteiger partial charge in [0, 0.05) is 23.2 Å². The normalized spacial score (nSPS) is 15.9. The van der Waals surface area contributed by atoms with Gasteiger partial charge in [-0.05, 0) is 48.6 Å². The summed E-state index contributed by atoms with van der Waals surface area (Å²) in [5, 5.41) is 11.3. The number of nitrogens with one attached hydrogen (secondary N) is 1. The van der Waals surface area contributed by atoms with Crippen molar-refractivity contribution in [1.82, 2.24) is 4.72 Å². The van der Waals surface area contributed by atoms with E-state index in [9.17, 15) is 18.5 Å². The van der Waals surface area contributed by atoms with Crippen molar-refractivity contribution in [2.24, 2.45) is 5.92 Å². The maximum Gasteiger partial charge on any atom is 0.269 e. The van der Waals surface area contributed by atoms with Crippen LogP contribution in [0.4, 0.5) is 5.69 Å². The van der Waals surface area contributed by atoms with Gasteiger partial charge in [0.25, 0.3) is 5.69 Å². The highest BCUT2D eigenvalue weighted by Crippen LogP contribution is 2.42. The van der Waals surface area contributed by atoms with Gasteiger partial charge in [0.15, 0.2) is 0 Å². The molecule has 1 aliphatic carbocycles. The standard InChI is InChI=1S/C16H15ClN2O4S/c17-13-5-3-12(4-6-13)16(11-1-2-11)18-24(22,23)15-9-7-14(8-10-15)19(20)21/h3-11,16,18H,1-2H2/t16-/m1/s1. The number of nitro benzene ring substituents is 1. The lowest BCUT2D eigenvalue weighted by atomic mass is 10.0. The predicted octanol–water partition coefficient (Wildman–Crippen LogP) is 3.68. The number of hydrogen-bond donors (Lipinski definition) is 1. The Balaban J connectivity index is 1.85. The molecule has 0 spiro atoms. The first-order valence-electron chi connectivity index (χ1n) is 7.39. The van der Waals surface area contributed by atoms with Crippen LogP contribution in [0.2, 0.25) is 5.02 Å². The number of nitrogens with zero attached hydrogens (tertiary/aromatic N) is 1. The van der Waals surface area contributed by atoms with Crippen LogP contribution in [0.3, 0.4) is 0 Å². The average molecular weight is 367 g/mol. The molecular weight excluding hydrogens is 352 g/mol. The topological polar surface area (TPSA) is 89.3 Å². The minimum atomic E-state index is -3.77. The van der Waals surface area contributed by atoms with Gasteiger partial charge < -0.3 is 0 Å². The minimum Gasteiger partial charge on any atom is -0.258 e. The summed E-state index contributed by atoms with van der Waals surface area (Å²) in [5.74, 6) is 0.249. The number of halogens is 1. The van der Waals surface area contributed by atoms with Gasteiger partial charge in [0.2, 0.25) is 10.0 Å². The molecule has 126 valence electrons. The Bertz CT molecular complexity index is 847. The Hall–Kier alpha value is -1.96. The minimum absolute atomic E-state index is 0.00714. The lowest BCUT2D eigenvalue weighted by Crippen LogP contribution is -2.30. The number of rotatable bonds is 6. The first-order valence-corrected chi connectivity index (χ1v) is 9.25. The van der Waals surface area contributed by atoms with E-state index in [1.165, 1.54) is 24.3 Å². The summed E-state index contributed by atoms with van der Waals surface area (Å²) in [6, 6.07) is 11.6. The Morgan fingerprint density at radius 1 is 1.08 bits per heavy atom. The molecule has 2 aromatic carbocycles. The fourth-order valence-corrected chi connectivity index (χ4v) is 3.94.